The molecule has 1 fully saturated rings. The molecule has 1 heterocycles. The minimum Gasteiger partial charge on any atom is -0.481 e. The highest BCUT2D eigenvalue weighted by Crippen LogP contribution is 2.26. The van der Waals surface area contributed by atoms with E-state index in [1.54, 1.807) is 11.3 Å². The molecule has 1 saturated carbocycles. The van der Waals surface area contributed by atoms with Gasteiger partial charge in [-0.2, -0.15) is 11.3 Å². The Morgan fingerprint density at radius 2 is 1.77 bits per heavy atom. The Morgan fingerprint density at radius 3 is 2.35 bits per heavy atom. The van der Waals surface area contributed by atoms with E-state index in [9.17, 15) is 9.59 Å². The third-order valence-electron chi connectivity index (χ3n) is 4.77. The van der Waals surface area contributed by atoms with Gasteiger partial charge >= 0.3 is 12.0 Å². The first kappa shape index (κ1) is 18.7. The third kappa shape index (κ3) is 4.77. The van der Waals surface area contributed by atoms with Crippen molar-refractivity contribution in [2.24, 2.45) is 5.92 Å². The zero-order valence-corrected chi connectivity index (χ0v) is 15.7. The maximum Gasteiger partial charge on any atom is 0.315 e. The van der Waals surface area contributed by atoms with Gasteiger partial charge in [0.05, 0.1) is 12.0 Å². The summed E-state index contributed by atoms with van der Waals surface area (Å²) < 4.78 is 0. The van der Waals surface area contributed by atoms with E-state index in [1.165, 1.54) is 0 Å². The summed E-state index contributed by atoms with van der Waals surface area (Å²) in [4.78, 5) is 23.5. The lowest BCUT2D eigenvalue weighted by Gasteiger charge is -2.28. The van der Waals surface area contributed by atoms with Crippen molar-refractivity contribution in [2.45, 2.75) is 37.8 Å². The predicted octanol–water partition coefficient (Wildman–Crippen LogP) is 4.43. The third-order valence-corrected chi connectivity index (χ3v) is 5.72. The topological polar surface area (TPSA) is 78.4 Å². The van der Waals surface area contributed by atoms with Gasteiger partial charge in [0.15, 0.2) is 0 Å². The van der Waals surface area contributed by atoms with Gasteiger partial charge in [0.1, 0.15) is 0 Å². The summed E-state index contributed by atoms with van der Waals surface area (Å²) in [6.07, 6.45) is 2.58. The van der Waals surface area contributed by atoms with Crippen LogP contribution in [-0.2, 0) is 4.79 Å². The first-order valence-corrected chi connectivity index (χ1v) is 9.92. The summed E-state index contributed by atoms with van der Waals surface area (Å²) in [6, 6.07) is 8.93. The summed E-state index contributed by atoms with van der Waals surface area (Å²) in [6.45, 7) is 0. The molecule has 5 nitrogen and oxygen atoms in total. The van der Waals surface area contributed by atoms with Crippen LogP contribution in [0.4, 0.5) is 4.79 Å². The monoisotopic (exact) mass is 392 g/mol. The molecule has 0 radical (unpaired) electrons. The van der Waals surface area contributed by atoms with Crippen molar-refractivity contribution in [3.05, 3.63) is 57.2 Å². The number of hydrogen-bond donors (Lipinski definition) is 3. The van der Waals surface area contributed by atoms with Crippen molar-refractivity contribution in [3.63, 3.8) is 0 Å². The normalized spacial score (nSPS) is 21.0. The van der Waals surface area contributed by atoms with Gasteiger partial charge < -0.3 is 15.7 Å². The molecule has 26 heavy (non-hydrogen) atoms. The van der Waals surface area contributed by atoms with Crippen LogP contribution in [0.1, 0.15) is 42.9 Å². The van der Waals surface area contributed by atoms with Crippen LogP contribution in [0.3, 0.4) is 0 Å². The van der Waals surface area contributed by atoms with Crippen molar-refractivity contribution < 1.29 is 14.7 Å². The van der Waals surface area contributed by atoms with E-state index in [2.05, 4.69) is 10.6 Å². The van der Waals surface area contributed by atoms with E-state index < -0.39 is 5.97 Å². The molecule has 3 N–H and O–H groups in total. The number of carboxylic acid groups (broad SMARTS) is 1. The van der Waals surface area contributed by atoms with Crippen LogP contribution in [-0.4, -0.2) is 23.1 Å². The van der Waals surface area contributed by atoms with E-state index >= 15 is 0 Å². The number of halogens is 1. The van der Waals surface area contributed by atoms with Gasteiger partial charge in [0.25, 0.3) is 0 Å². The number of nitrogens with one attached hydrogen (secondary N) is 2. The van der Waals surface area contributed by atoms with E-state index in [0.717, 1.165) is 11.1 Å². The zero-order chi connectivity index (χ0) is 18.5. The molecular formula is C19H21ClN2O3S. The number of amides is 2. The number of carboxylic acids is 1. The fraction of sp³-hybridized carbons (Fsp3) is 0.368. The second-order valence-electron chi connectivity index (χ2n) is 6.55. The fourth-order valence-corrected chi connectivity index (χ4v) is 4.11. The van der Waals surface area contributed by atoms with Crippen LogP contribution in [0.2, 0.25) is 5.02 Å². The number of urea groups is 1. The molecule has 0 bridgehead atoms. The molecule has 2 amide bonds. The highest BCUT2D eigenvalue weighted by molar-refractivity contribution is 7.08. The largest absolute Gasteiger partial charge is 0.481 e. The quantitative estimate of drug-likeness (QED) is 0.704. The molecule has 1 atom stereocenters. The molecule has 1 aliphatic carbocycles. The molecular weight excluding hydrogens is 372 g/mol. The van der Waals surface area contributed by atoms with Crippen molar-refractivity contribution in [3.8, 4) is 0 Å². The maximum atomic E-state index is 12.5. The fourth-order valence-electron chi connectivity index (χ4n) is 3.30. The molecule has 1 aromatic carbocycles. The maximum absolute atomic E-state index is 12.5. The average molecular weight is 393 g/mol. The van der Waals surface area contributed by atoms with Crippen LogP contribution in [0, 0.1) is 5.92 Å². The summed E-state index contributed by atoms with van der Waals surface area (Å²) in [7, 11) is 0. The summed E-state index contributed by atoms with van der Waals surface area (Å²) in [5.41, 5.74) is 1.97. The van der Waals surface area contributed by atoms with Gasteiger partial charge in [0.2, 0.25) is 0 Å². The smallest absolute Gasteiger partial charge is 0.315 e. The van der Waals surface area contributed by atoms with Crippen LogP contribution >= 0.6 is 22.9 Å². The Hall–Kier alpha value is -2.05. The Morgan fingerprint density at radius 1 is 1.08 bits per heavy atom. The zero-order valence-electron chi connectivity index (χ0n) is 14.2. The van der Waals surface area contributed by atoms with Gasteiger partial charge in [-0.3, -0.25) is 4.79 Å². The Balaban J connectivity index is 1.63. The first-order chi connectivity index (χ1) is 12.5. The van der Waals surface area contributed by atoms with E-state index in [4.69, 9.17) is 16.7 Å². The molecule has 1 unspecified atom stereocenters. The molecule has 1 aromatic heterocycles. The molecule has 0 aliphatic heterocycles. The summed E-state index contributed by atoms with van der Waals surface area (Å²) in [5, 5.41) is 19.7. The van der Waals surface area contributed by atoms with Gasteiger partial charge in [-0.1, -0.05) is 23.7 Å². The van der Waals surface area contributed by atoms with Gasteiger partial charge in [-0.05, 0) is 65.8 Å². The lowest BCUT2D eigenvalue weighted by atomic mass is 9.86. The van der Waals surface area contributed by atoms with Crippen LogP contribution < -0.4 is 10.6 Å². The lowest BCUT2D eigenvalue weighted by molar-refractivity contribution is -0.142. The van der Waals surface area contributed by atoms with Crippen LogP contribution in [0.15, 0.2) is 41.1 Å². The molecule has 3 rings (SSSR count). The number of thiophene rings is 1. The molecule has 138 valence electrons. The first-order valence-electron chi connectivity index (χ1n) is 8.60. The number of aliphatic carboxylic acids is 1. The highest BCUT2D eigenvalue weighted by atomic mass is 35.5. The number of rotatable bonds is 5. The average Bonchev–Trinajstić information content (AvgIpc) is 3.15. The Labute approximate surface area is 161 Å². The predicted molar refractivity (Wildman–Crippen MR) is 103 cm³/mol. The van der Waals surface area contributed by atoms with E-state index in [0.29, 0.717) is 30.7 Å². The van der Waals surface area contributed by atoms with Gasteiger partial charge in [-0.25, -0.2) is 4.79 Å². The summed E-state index contributed by atoms with van der Waals surface area (Å²) in [5.74, 6) is -1.03. The Kier molecular flexibility index (Phi) is 6.16. The van der Waals surface area contributed by atoms with Crippen molar-refractivity contribution in [2.75, 3.05) is 0 Å². The number of benzene rings is 1. The molecule has 2 aromatic rings. The standard InChI is InChI=1S/C19H21ClN2O3S/c20-15-5-1-12(2-6-15)17(14-9-10-26-11-14)22-19(25)21-16-7-3-13(4-8-16)18(23)24/h1-2,5-6,9-11,13,16-17H,3-4,7-8H2,(H,23,24)(H2,21,22,25). The molecule has 0 saturated heterocycles. The SMILES string of the molecule is O=C(NC1CCC(C(=O)O)CC1)NC(c1ccc(Cl)cc1)c1ccsc1. The van der Waals surface area contributed by atoms with Gasteiger partial charge in [0, 0.05) is 11.1 Å². The summed E-state index contributed by atoms with van der Waals surface area (Å²) >= 11 is 7.55. The minimum atomic E-state index is -0.742. The van der Waals surface area contributed by atoms with Crippen LogP contribution in [0.5, 0.6) is 0 Å². The van der Waals surface area contributed by atoms with Gasteiger partial charge in [-0.15, -0.1) is 0 Å². The van der Waals surface area contributed by atoms with Crippen molar-refractivity contribution >= 4 is 34.9 Å². The number of carbonyl (C=O) groups is 2. The van der Waals surface area contributed by atoms with Crippen molar-refractivity contribution in [1.82, 2.24) is 10.6 Å². The second kappa shape index (κ2) is 8.56. The number of hydrogen-bond acceptors (Lipinski definition) is 3. The highest BCUT2D eigenvalue weighted by Gasteiger charge is 2.27. The second-order valence-corrected chi connectivity index (χ2v) is 7.76. The van der Waals surface area contributed by atoms with Crippen LogP contribution in [0.25, 0.3) is 0 Å². The van der Waals surface area contributed by atoms with Crippen molar-refractivity contribution in [1.29, 1.82) is 0 Å². The minimum absolute atomic E-state index is 0.0129. The lowest BCUT2D eigenvalue weighted by Crippen LogP contribution is -2.45. The van der Waals surface area contributed by atoms with E-state index in [1.807, 2.05) is 41.1 Å². The molecule has 1 aliphatic rings. The number of carbonyl (C=O) groups excluding carboxylic acids is 1. The Bertz CT molecular complexity index is 741. The molecule has 7 heteroatoms. The molecule has 0 spiro atoms. The van der Waals surface area contributed by atoms with E-state index in [-0.39, 0.29) is 24.0 Å².